The second-order valence-electron chi connectivity index (χ2n) is 5.89. The fourth-order valence-electron chi connectivity index (χ4n) is 3.02. The van der Waals surface area contributed by atoms with Gasteiger partial charge in [0.05, 0.1) is 12.1 Å². The molecule has 0 saturated heterocycles. The molecule has 2 N–H and O–H groups in total. The largest absolute Gasteiger partial charge is 0.478 e. The van der Waals surface area contributed by atoms with E-state index in [2.05, 4.69) is 11.4 Å². The first kappa shape index (κ1) is 16.2. The summed E-state index contributed by atoms with van der Waals surface area (Å²) >= 11 is 0. The highest BCUT2D eigenvalue weighted by molar-refractivity contribution is 5.96. The highest BCUT2D eigenvalue weighted by Crippen LogP contribution is 2.26. The maximum Gasteiger partial charge on any atom is 0.335 e. The number of aryl methyl sites for hydroxylation is 1. The fraction of sp³-hybridized carbons (Fsp3) is 0.263. The Morgan fingerprint density at radius 2 is 1.96 bits per heavy atom. The fourth-order valence-corrected chi connectivity index (χ4v) is 3.02. The van der Waals surface area contributed by atoms with E-state index in [1.54, 1.807) is 18.2 Å². The van der Waals surface area contributed by atoms with Crippen LogP contribution in [0.5, 0.6) is 0 Å². The first-order valence-electron chi connectivity index (χ1n) is 8.06. The molecule has 1 aliphatic heterocycles. The highest BCUT2D eigenvalue weighted by Gasteiger charge is 2.21. The van der Waals surface area contributed by atoms with E-state index in [9.17, 15) is 9.59 Å². The zero-order chi connectivity index (χ0) is 16.9. The first-order chi connectivity index (χ1) is 11.6. The number of anilines is 1. The average molecular weight is 324 g/mol. The van der Waals surface area contributed by atoms with Crippen LogP contribution in [-0.2, 0) is 17.8 Å². The quantitative estimate of drug-likeness (QED) is 0.886. The second-order valence-corrected chi connectivity index (χ2v) is 5.89. The molecule has 0 fully saturated rings. The Hall–Kier alpha value is -2.66. The van der Waals surface area contributed by atoms with E-state index in [1.807, 2.05) is 29.2 Å². The molecule has 0 unspecified atom stereocenters. The highest BCUT2D eigenvalue weighted by atomic mass is 16.4. The minimum Gasteiger partial charge on any atom is -0.478 e. The van der Waals surface area contributed by atoms with Crippen LogP contribution in [0.25, 0.3) is 0 Å². The summed E-state index contributed by atoms with van der Waals surface area (Å²) in [5.41, 5.74) is 3.32. The van der Waals surface area contributed by atoms with E-state index in [-0.39, 0.29) is 18.0 Å². The predicted octanol–water partition coefficient (Wildman–Crippen LogP) is 2.45. The van der Waals surface area contributed by atoms with Gasteiger partial charge >= 0.3 is 5.97 Å². The number of hydrogen-bond donors (Lipinski definition) is 2. The van der Waals surface area contributed by atoms with Gasteiger partial charge < -0.3 is 15.3 Å². The lowest BCUT2D eigenvalue weighted by Gasteiger charge is -2.29. The molecule has 2 aromatic rings. The summed E-state index contributed by atoms with van der Waals surface area (Å²) in [4.78, 5) is 25.3. The van der Waals surface area contributed by atoms with Crippen LogP contribution in [0.4, 0.5) is 5.69 Å². The van der Waals surface area contributed by atoms with E-state index >= 15 is 0 Å². The average Bonchev–Trinajstić information content (AvgIpc) is 2.61. The summed E-state index contributed by atoms with van der Waals surface area (Å²) in [5, 5.41) is 12.1. The number of hydrogen-bond acceptors (Lipinski definition) is 3. The lowest BCUT2D eigenvalue weighted by Crippen LogP contribution is -2.41. The Balaban J connectivity index is 1.59. The van der Waals surface area contributed by atoms with Gasteiger partial charge in [-0.05, 0) is 42.2 Å². The van der Waals surface area contributed by atoms with Crippen molar-refractivity contribution in [1.29, 1.82) is 0 Å². The standard InChI is InChI=1S/C19H20N2O3/c22-18(21-10-4-8-15-6-1-2-9-17(15)21)13-20-12-14-5-3-7-16(11-14)19(23)24/h1-3,5-7,9,11,20H,4,8,10,12-13H2,(H,23,24). The Kier molecular flexibility index (Phi) is 4.91. The van der Waals surface area contributed by atoms with Crippen molar-refractivity contribution in [3.63, 3.8) is 0 Å². The van der Waals surface area contributed by atoms with Crippen molar-refractivity contribution in [2.75, 3.05) is 18.0 Å². The summed E-state index contributed by atoms with van der Waals surface area (Å²) in [7, 11) is 0. The molecule has 24 heavy (non-hydrogen) atoms. The molecule has 124 valence electrons. The maximum absolute atomic E-state index is 12.5. The molecular formula is C19H20N2O3. The number of carboxylic acids is 1. The number of carbonyl (C=O) groups is 2. The molecular weight excluding hydrogens is 304 g/mol. The van der Waals surface area contributed by atoms with Crippen molar-refractivity contribution in [3.8, 4) is 0 Å². The molecule has 0 aliphatic carbocycles. The topological polar surface area (TPSA) is 69.6 Å². The second kappa shape index (κ2) is 7.27. The van der Waals surface area contributed by atoms with E-state index in [1.165, 1.54) is 5.56 Å². The van der Waals surface area contributed by atoms with Gasteiger partial charge in [0.15, 0.2) is 0 Å². The molecule has 5 heteroatoms. The molecule has 0 aromatic heterocycles. The van der Waals surface area contributed by atoms with Gasteiger partial charge in [-0.3, -0.25) is 4.79 Å². The van der Waals surface area contributed by atoms with Crippen LogP contribution in [0.2, 0.25) is 0 Å². The van der Waals surface area contributed by atoms with E-state index < -0.39 is 5.97 Å². The number of nitrogens with one attached hydrogen (secondary N) is 1. The summed E-state index contributed by atoms with van der Waals surface area (Å²) in [6.45, 7) is 1.43. The normalized spacial score (nSPS) is 13.4. The van der Waals surface area contributed by atoms with Gasteiger partial charge in [-0.15, -0.1) is 0 Å². The number of carboxylic acid groups (broad SMARTS) is 1. The van der Waals surface area contributed by atoms with Crippen LogP contribution in [0, 0.1) is 0 Å². The maximum atomic E-state index is 12.5. The van der Waals surface area contributed by atoms with Crippen LogP contribution in [0.1, 0.15) is 27.9 Å². The molecule has 5 nitrogen and oxygen atoms in total. The molecule has 1 heterocycles. The zero-order valence-electron chi connectivity index (χ0n) is 13.4. The van der Waals surface area contributed by atoms with Crippen molar-refractivity contribution in [3.05, 3.63) is 65.2 Å². The summed E-state index contributed by atoms with van der Waals surface area (Å²) < 4.78 is 0. The number of fused-ring (bicyclic) bond motifs is 1. The number of benzene rings is 2. The van der Waals surface area contributed by atoms with Crippen molar-refractivity contribution in [1.82, 2.24) is 5.32 Å². The molecule has 0 atom stereocenters. The first-order valence-corrected chi connectivity index (χ1v) is 8.06. The van der Waals surface area contributed by atoms with Gasteiger partial charge in [-0.25, -0.2) is 4.79 Å². The molecule has 0 bridgehead atoms. The summed E-state index contributed by atoms with van der Waals surface area (Å²) in [5.74, 6) is -0.908. The number of aromatic carboxylic acids is 1. The lowest BCUT2D eigenvalue weighted by atomic mass is 10.0. The minimum atomic E-state index is -0.946. The monoisotopic (exact) mass is 324 g/mol. The predicted molar refractivity (Wildman–Crippen MR) is 92.2 cm³/mol. The molecule has 0 spiro atoms. The smallest absolute Gasteiger partial charge is 0.335 e. The number of amides is 1. The zero-order valence-corrected chi connectivity index (χ0v) is 13.4. The summed E-state index contributed by atoms with van der Waals surface area (Å²) in [6, 6.07) is 14.7. The number of para-hydroxylation sites is 1. The van der Waals surface area contributed by atoms with E-state index in [0.29, 0.717) is 6.54 Å². The number of nitrogens with zero attached hydrogens (tertiary/aromatic N) is 1. The molecule has 1 amide bonds. The van der Waals surface area contributed by atoms with Gasteiger partial charge in [-0.2, -0.15) is 0 Å². The Morgan fingerprint density at radius 3 is 2.79 bits per heavy atom. The van der Waals surface area contributed by atoms with Gasteiger partial charge in [0, 0.05) is 18.8 Å². The molecule has 0 radical (unpaired) electrons. The molecule has 2 aromatic carbocycles. The molecule has 0 saturated carbocycles. The van der Waals surface area contributed by atoms with Crippen molar-refractivity contribution < 1.29 is 14.7 Å². The third-order valence-corrected chi connectivity index (χ3v) is 4.19. The van der Waals surface area contributed by atoms with Crippen LogP contribution in [-0.4, -0.2) is 30.1 Å². The van der Waals surface area contributed by atoms with Crippen LogP contribution in [0.15, 0.2) is 48.5 Å². The minimum absolute atomic E-state index is 0.0385. The van der Waals surface area contributed by atoms with Gasteiger partial charge in [0.1, 0.15) is 0 Å². The Labute approximate surface area is 140 Å². The van der Waals surface area contributed by atoms with Crippen LogP contribution in [0.3, 0.4) is 0 Å². The van der Waals surface area contributed by atoms with Crippen molar-refractivity contribution in [2.45, 2.75) is 19.4 Å². The Morgan fingerprint density at radius 1 is 1.12 bits per heavy atom. The lowest BCUT2D eigenvalue weighted by molar-refractivity contribution is -0.117. The third kappa shape index (κ3) is 3.63. The third-order valence-electron chi connectivity index (χ3n) is 4.19. The van der Waals surface area contributed by atoms with E-state index in [0.717, 1.165) is 30.6 Å². The summed E-state index contributed by atoms with van der Waals surface area (Å²) in [6.07, 6.45) is 1.98. The van der Waals surface area contributed by atoms with Crippen molar-refractivity contribution in [2.24, 2.45) is 0 Å². The van der Waals surface area contributed by atoms with E-state index in [4.69, 9.17) is 5.11 Å². The van der Waals surface area contributed by atoms with Gasteiger partial charge in [0.25, 0.3) is 0 Å². The van der Waals surface area contributed by atoms with Gasteiger partial charge in [0.2, 0.25) is 5.91 Å². The van der Waals surface area contributed by atoms with Crippen molar-refractivity contribution >= 4 is 17.6 Å². The molecule has 3 rings (SSSR count). The number of carbonyl (C=O) groups excluding carboxylic acids is 1. The molecule has 1 aliphatic rings. The van der Waals surface area contributed by atoms with Crippen LogP contribution >= 0.6 is 0 Å². The van der Waals surface area contributed by atoms with Crippen LogP contribution < -0.4 is 10.2 Å². The Bertz CT molecular complexity index is 758. The SMILES string of the molecule is O=C(O)c1cccc(CNCC(=O)N2CCCc3ccccc32)c1. The van der Waals surface area contributed by atoms with Gasteiger partial charge in [-0.1, -0.05) is 30.3 Å². The number of rotatable bonds is 5.